The van der Waals surface area contributed by atoms with Gasteiger partial charge in [-0.25, -0.2) is 0 Å². The summed E-state index contributed by atoms with van der Waals surface area (Å²) in [5, 5.41) is 7.86. The van der Waals surface area contributed by atoms with Gasteiger partial charge in [-0.05, 0) is 18.8 Å². The summed E-state index contributed by atoms with van der Waals surface area (Å²) < 4.78 is 0. The molecule has 2 aromatic rings. The molecular weight excluding hydrogens is 254 g/mol. The molecule has 0 spiro atoms. The normalized spacial score (nSPS) is 20.7. The van der Waals surface area contributed by atoms with E-state index in [-0.39, 0.29) is 0 Å². The number of aromatic nitrogens is 4. The van der Waals surface area contributed by atoms with Crippen LogP contribution in [0.15, 0.2) is 6.20 Å². The standard InChI is InChI=1S/C13H19N7/c14-13-16-11-10(7-15-18-11)12(17-13)20-5-3-19(4-6-20)8-9-1-2-9/h7,9H,1-6,8H2,(H3,14,15,16,17,18). The van der Waals surface area contributed by atoms with Crippen molar-refractivity contribution in [2.24, 2.45) is 5.92 Å². The van der Waals surface area contributed by atoms with Gasteiger partial charge in [-0.1, -0.05) is 0 Å². The van der Waals surface area contributed by atoms with E-state index in [0.717, 1.165) is 43.3 Å². The third-order valence-corrected chi connectivity index (χ3v) is 4.19. The number of nitrogen functional groups attached to an aromatic ring is 1. The Hall–Kier alpha value is -1.89. The number of piperazine rings is 1. The minimum absolute atomic E-state index is 0.303. The van der Waals surface area contributed by atoms with E-state index in [1.165, 1.54) is 19.4 Å². The number of anilines is 2. The maximum atomic E-state index is 5.78. The Balaban J connectivity index is 1.53. The summed E-state index contributed by atoms with van der Waals surface area (Å²) in [6.07, 6.45) is 4.61. The van der Waals surface area contributed by atoms with Crippen LogP contribution in [0.4, 0.5) is 11.8 Å². The average Bonchev–Trinajstić information content (AvgIpc) is 3.14. The van der Waals surface area contributed by atoms with Crippen LogP contribution in [-0.4, -0.2) is 57.8 Å². The molecular formula is C13H19N7. The van der Waals surface area contributed by atoms with Crippen LogP contribution < -0.4 is 10.6 Å². The van der Waals surface area contributed by atoms with Crippen LogP contribution in [0.1, 0.15) is 12.8 Å². The van der Waals surface area contributed by atoms with Gasteiger partial charge in [0.15, 0.2) is 5.65 Å². The molecule has 7 nitrogen and oxygen atoms in total. The Kier molecular flexibility index (Phi) is 2.73. The third kappa shape index (κ3) is 2.18. The molecule has 0 unspecified atom stereocenters. The summed E-state index contributed by atoms with van der Waals surface area (Å²) in [4.78, 5) is 13.4. The molecule has 1 saturated carbocycles. The Bertz CT molecular complexity index is 610. The zero-order valence-electron chi connectivity index (χ0n) is 11.4. The Morgan fingerprint density at radius 1 is 1.20 bits per heavy atom. The lowest BCUT2D eigenvalue weighted by atomic mass is 10.2. The van der Waals surface area contributed by atoms with E-state index >= 15 is 0 Å². The molecule has 0 amide bonds. The number of rotatable bonds is 3. The molecule has 0 aromatic carbocycles. The van der Waals surface area contributed by atoms with Gasteiger partial charge in [-0.2, -0.15) is 15.1 Å². The molecule has 2 aliphatic rings. The van der Waals surface area contributed by atoms with Crippen LogP contribution >= 0.6 is 0 Å². The molecule has 106 valence electrons. The van der Waals surface area contributed by atoms with Gasteiger partial charge in [0.05, 0.1) is 11.6 Å². The van der Waals surface area contributed by atoms with Crippen molar-refractivity contribution >= 4 is 22.8 Å². The quantitative estimate of drug-likeness (QED) is 0.845. The van der Waals surface area contributed by atoms with Gasteiger partial charge in [0.25, 0.3) is 0 Å². The smallest absolute Gasteiger partial charge is 0.224 e. The fourth-order valence-corrected chi connectivity index (χ4v) is 2.89. The Morgan fingerprint density at radius 3 is 2.75 bits per heavy atom. The first-order chi connectivity index (χ1) is 9.79. The highest BCUT2D eigenvalue weighted by atomic mass is 15.3. The predicted molar refractivity (Wildman–Crippen MR) is 77.5 cm³/mol. The maximum absolute atomic E-state index is 5.78. The van der Waals surface area contributed by atoms with Crippen LogP contribution in [0.5, 0.6) is 0 Å². The molecule has 3 N–H and O–H groups in total. The minimum atomic E-state index is 0.303. The van der Waals surface area contributed by atoms with Gasteiger partial charge in [-0.15, -0.1) is 0 Å². The van der Waals surface area contributed by atoms with Gasteiger partial charge in [0.1, 0.15) is 5.82 Å². The van der Waals surface area contributed by atoms with Crippen molar-refractivity contribution in [1.29, 1.82) is 0 Å². The highest BCUT2D eigenvalue weighted by Crippen LogP contribution is 2.30. The van der Waals surface area contributed by atoms with Gasteiger partial charge < -0.3 is 10.6 Å². The minimum Gasteiger partial charge on any atom is -0.368 e. The molecule has 7 heteroatoms. The first-order valence-electron chi connectivity index (χ1n) is 7.23. The van der Waals surface area contributed by atoms with Crippen LogP contribution in [0.3, 0.4) is 0 Å². The van der Waals surface area contributed by atoms with Crippen molar-refractivity contribution in [2.45, 2.75) is 12.8 Å². The first-order valence-corrected chi connectivity index (χ1v) is 7.23. The molecule has 2 aromatic heterocycles. The van der Waals surface area contributed by atoms with Crippen molar-refractivity contribution < 1.29 is 0 Å². The highest BCUT2D eigenvalue weighted by molar-refractivity contribution is 5.87. The van der Waals surface area contributed by atoms with E-state index in [0.29, 0.717) is 11.6 Å². The van der Waals surface area contributed by atoms with E-state index in [1.54, 1.807) is 6.20 Å². The number of fused-ring (bicyclic) bond motifs is 1. The Labute approximate surface area is 117 Å². The lowest BCUT2D eigenvalue weighted by Gasteiger charge is -2.35. The summed E-state index contributed by atoms with van der Waals surface area (Å²) in [6, 6.07) is 0. The van der Waals surface area contributed by atoms with E-state index in [9.17, 15) is 0 Å². The second kappa shape index (κ2) is 4.59. The molecule has 1 saturated heterocycles. The number of hydrogen-bond donors (Lipinski definition) is 2. The molecule has 1 aliphatic carbocycles. The van der Waals surface area contributed by atoms with Crippen LogP contribution in [0.2, 0.25) is 0 Å². The summed E-state index contributed by atoms with van der Waals surface area (Å²) in [5.74, 6) is 2.17. The monoisotopic (exact) mass is 273 g/mol. The molecule has 0 atom stereocenters. The lowest BCUT2D eigenvalue weighted by molar-refractivity contribution is 0.248. The molecule has 0 radical (unpaired) electrons. The Morgan fingerprint density at radius 2 is 2.00 bits per heavy atom. The van der Waals surface area contributed by atoms with Crippen molar-refractivity contribution in [2.75, 3.05) is 43.4 Å². The zero-order valence-corrected chi connectivity index (χ0v) is 11.4. The second-order valence-electron chi connectivity index (χ2n) is 5.77. The van der Waals surface area contributed by atoms with E-state index in [1.807, 2.05) is 0 Å². The van der Waals surface area contributed by atoms with Crippen LogP contribution in [0, 0.1) is 5.92 Å². The summed E-state index contributed by atoms with van der Waals surface area (Å²) in [6.45, 7) is 5.44. The number of nitrogens with two attached hydrogens (primary N) is 1. The number of hydrogen-bond acceptors (Lipinski definition) is 6. The number of nitrogens with one attached hydrogen (secondary N) is 1. The molecule has 20 heavy (non-hydrogen) atoms. The van der Waals surface area contributed by atoms with E-state index < -0.39 is 0 Å². The molecule has 0 bridgehead atoms. The number of aromatic amines is 1. The van der Waals surface area contributed by atoms with Crippen molar-refractivity contribution in [1.82, 2.24) is 25.1 Å². The molecule has 1 aliphatic heterocycles. The van der Waals surface area contributed by atoms with Gasteiger partial charge in [-0.3, -0.25) is 10.00 Å². The van der Waals surface area contributed by atoms with Crippen LogP contribution in [0.25, 0.3) is 11.0 Å². The largest absolute Gasteiger partial charge is 0.368 e. The van der Waals surface area contributed by atoms with Gasteiger partial charge in [0.2, 0.25) is 5.95 Å². The highest BCUT2D eigenvalue weighted by Gasteiger charge is 2.27. The fourth-order valence-electron chi connectivity index (χ4n) is 2.89. The van der Waals surface area contributed by atoms with Crippen molar-refractivity contribution in [3.05, 3.63) is 6.20 Å². The number of H-pyrrole nitrogens is 1. The molecule has 4 rings (SSSR count). The third-order valence-electron chi connectivity index (χ3n) is 4.19. The lowest BCUT2D eigenvalue weighted by Crippen LogP contribution is -2.47. The maximum Gasteiger partial charge on any atom is 0.224 e. The second-order valence-corrected chi connectivity index (χ2v) is 5.77. The topological polar surface area (TPSA) is 87.0 Å². The first kappa shape index (κ1) is 11.9. The van der Waals surface area contributed by atoms with E-state index in [2.05, 4.69) is 30.0 Å². The summed E-state index contributed by atoms with van der Waals surface area (Å²) in [5.41, 5.74) is 6.50. The van der Waals surface area contributed by atoms with E-state index in [4.69, 9.17) is 5.73 Å². The van der Waals surface area contributed by atoms with Crippen LogP contribution in [-0.2, 0) is 0 Å². The number of nitrogens with zero attached hydrogens (tertiary/aromatic N) is 5. The summed E-state index contributed by atoms with van der Waals surface area (Å²) in [7, 11) is 0. The van der Waals surface area contributed by atoms with Gasteiger partial charge in [0, 0.05) is 32.7 Å². The van der Waals surface area contributed by atoms with Gasteiger partial charge >= 0.3 is 0 Å². The van der Waals surface area contributed by atoms with Crippen molar-refractivity contribution in [3.63, 3.8) is 0 Å². The average molecular weight is 273 g/mol. The zero-order chi connectivity index (χ0) is 13.5. The fraction of sp³-hybridized carbons (Fsp3) is 0.615. The molecule has 2 fully saturated rings. The molecule has 3 heterocycles. The summed E-state index contributed by atoms with van der Waals surface area (Å²) >= 11 is 0. The SMILES string of the molecule is Nc1nc(N2CCN(CC3CC3)CC2)c2cn[nH]c2n1. The predicted octanol–water partition coefficient (Wildman–Crippen LogP) is 0.467. The van der Waals surface area contributed by atoms with Crippen molar-refractivity contribution in [3.8, 4) is 0 Å².